The van der Waals surface area contributed by atoms with Gasteiger partial charge in [0.2, 0.25) is 0 Å². The number of carbonyl (C=O) groups excluding carboxylic acids is 1. The van der Waals surface area contributed by atoms with Gasteiger partial charge in [0.05, 0.1) is 12.6 Å². The SMILES string of the molecule is O=C(c1cccc(NCc2ncc[nH]2)c1)N1CCC[C@H](O)C1. The summed E-state index contributed by atoms with van der Waals surface area (Å²) >= 11 is 0. The van der Waals surface area contributed by atoms with Crippen LogP contribution < -0.4 is 5.32 Å². The van der Waals surface area contributed by atoms with E-state index in [9.17, 15) is 9.90 Å². The lowest BCUT2D eigenvalue weighted by Crippen LogP contribution is -2.42. The fourth-order valence-electron chi connectivity index (χ4n) is 2.66. The van der Waals surface area contributed by atoms with E-state index in [0.29, 0.717) is 25.2 Å². The van der Waals surface area contributed by atoms with E-state index in [-0.39, 0.29) is 5.91 Å². The topological polar surface area (TPSA) is 81.2 Å². The number of hydrogen-bond donors (Lipinski definition) is 3. The number of nitrogens with one attached hydrogen (secondary N) is 2. The van der Waals surface area contributed by atoms with Gasteiger partial charge in [0.1, 0.15) is 5.82 Å². The molecule has 0 radical (unpaired) electrons. The van der Waals surface area contributed by atoms with Crippen molar-refractivity contribution in [3.63, 3.8) is 0 Å². The van der Waals surface area contributed by atoms with Gasteiger partial charge in [-0.2, -0.15) is 0 Å². The molecule has 1 atom stereocenters. The molecule has 0 aliphatic carbocycles. The summed E-state index contributed by atoms with van der Waals surface area (Å²) in [6.07, 6.45) is 4.70. The molecule has 1 saturated heterocycles. The number of aromatic amines is 1. The second-order valence-corrected chi connectivity index (χ2v) is 5.52. The monoisotopic (exact) mass is 300 g/mol. The highest BCUT2D eigenvalue weighted by Crippen LogP contribution is 2.17. The van der Waals surface area contributed by atoms with E-state index >= 15 is 0 Å². The minimum absolute atomic E-state index is 0.0274. The van der Waals surface area contributed by atoms with Crippen LogP contribution in [-0.4, -0.2) is 45.1 Å². The first-order valence-corrected chi connectivity index (χ1v) is 7.52. The molecule has 2 heterocycles. The molecule has 1 aromatic heterocycles. The van der Waals surface area contributed by atoms with Crippen molar-refractivity contribution in [2.45, 2.75) is 25.5 Å². The Hall–Kier alpha value is -2.34. The Labute approximate surface area is 129 Å². The number of benzene rings is 1. The van der Waals surface area contributed by atoms with Gasteiger partial charge >= 0.3 is 0 Å². The van der Waals surface area contributed by atoms with E-state index in [2.05, 4.69) is 15.3 Å². The van der Waals surface area contributed by atoms with Crippen molar-refractivity contribution >= 4 is 11.6 Å². The summed E-state index contributed by atoms with van der Waals surface area (Å²) < 4.78 is 0. The van der Waals surface area contributed by atoms with Gasteiger partial charge in [-0.05, 0) is 31.0 Å². The van der Waals surface area contributed by atoms with Crippen LogP contribution >= 0.6 is 0 Å². The number of rotatable bonds is 4. The largest absolute Gasteiger partial charge is 0.391 e. The summed E-state index contributed by atoms with van der Waals surface area (Å²) in [6.45, 7) is 1.70. The van der Waals surface area contributed by atoms with E-state index in [0.717, 1.165) is 24.4 Å². The van der Waals surface area contributed by atoms with Crippen molar-refractivity contribution in [2.24, 2.45) is 0 Å². The number of piperidine rings is 1. The normalized spacial score (nSPS) is 18.2. The smallest absolute Gasteiger partial charge is 0.254 e. The molecule has 1 amide bonds. The molecule has 1 aromatic carbocycles. The van der Waals surface area contributed by atoms with Crippen LogP contribution in [0, 0.1) is 0 Å². The highest BCUT2D eigenvalue weighted by Gasteiger charge is 2.23. The van der Waals surface area contributed by atoms with Crippen LogP contribution in [0.1, 0.15) is 29.0 Å². The lowest BCUT2D eigenvalue weighted by Gasteiger charge is -2.30. The molecular weight excluding hydrogens is 280 g/mol. The van der Waals surface area contributed by atoms with Crippen LogP contribution in [-0.2, 0) is 6.54 Å². The first-order valence-electron chi connectivity index (χ1n) is 7.52. The quantitative estimate of drug-likeness (QED) is 0.801. The summed E-state index contributed by atoms with van der Waals surface area (Å²) in [5, 5.41) is 12.9. The molecule has 3 rings (SSSR count). The number of aliphatic hydroxyl groups is 1. The number of anilines is 1. The lowest BCUT2D eigenvalue weighted by molar-refractivity contribution is 0.0474. The molecule has 3 N–H and O–H groups in total. The number of amides is 1. The van der Waals surface area contributed by atoms with Gasteiger partial charge in [0, 0.05) is 36.7 Å². The Kier molecular flexibility index (Phi) is 4.39. The number of β-amino-alcohol motifs (C(OH)–C–C–N with tert-alkyl or cyclic N) is 1. The summed E-state index contributed by atoms with van der Waals surface area (Å²) in [7, 11) is 0. The Balaban J connectivity index is 1.66. The van der Waals surface area contributed by atoms with Gasteiger partial charge in [0.25, 0.3) is 5.91 Å². The molecule has 1 fully saturated rings. The van der Waals surface area contributed by atoms with E-state index in [4.69, 9.17) is 0 Å². The van der Waals surface area contributed by atoms with Gasteiger partial charge in [-0.1, -0.05) is 6.07 Å². The third-order valence-corrected chi connectivity index (χ3v) is 3.81. The van der Waals surface area contributed by atoms with E-state index < -0.39 is 6.10 Å². The Morgan fingerprint density at radius 3 is 3.18 bits per heavy atom. The van der Waals surface area contributed by atoms with Crippen LogP contribution in [0.3, 0.4) is 0 Å². The van der Waals surface area contributed by atoms with Crippen molar-refractivity contribution in [1.82, 2.24) is 14.9 Å². The molecule has 22 heavy (non-hydrogen) atoms. The van der Waals surface area contributed by atoms with Crippen LogP contribution in [0.2, 0.25) is 0 Å². The minimum atomic E-state index is -0.405. The minimum Gasteiger partial charge on any atom is -0.391 e. The molecule has 0 unspecified atom stereocenters. The highest BCUT2D eigenvalue weighted by molar-refractivity contribution is 5.95. The molecule has 6 heteroatoms. The number of hydrogen-bond acceptors (Lipinski definition) is 4. The molecule has 2 aromatic rings. The second-order valence-electron chi connectivity index (χ2n) is 5.52. The number of H-pyrrole nitrogens is 1. The van der Waals surface area contributed by atoms with Crippen LogP contribution in [0.25, 0.3) is 0 Å². The van der Waals surface area contributed by atoms with Crippen LogP contribution in [0.15, 0.2) is 36.7 Å². The number of nitrogens with zero attached hydrogens (tertiary/aromatic N) is 2. The maximum atomic E-state index is 12.5. The van der Waals surface area contributed by atoms with Gasteiger partial charge in [-0.25, -0.2) is 4.98 Å². The molecule has 6 nitrogen and oxygen atoms in total. The number of aromatic nitrogens is 2. The number of likely N-dealkylation sites (tertiary alicyclic amines) is 1. The van der Waals surface area contributed by atoms with Gasteiger partial charge in [-0.3, -0.25) is 4.79 Å². The molecule has 1 aliphatic heterocycles. The van der Waals surface area contributed by atoms with E-state index in [1.165, 1.54) is 0 Å². The van der Waals surface area contributed by atoms with Crippen molar-refractivity contribution < 1.29 is 9.90 Å². The molecule has 1 aliphatic rings. The van der Waals surface area contributed by atoms with Crippen molar-refractivity contribution in [2.75, 3.05) is 18.4 Å². The van der Waals surface area contributed by atoms with Crippen molar-refractivity contribution in [3.8, 4) is 0 Å². The fourth-order valence-corrected chi connectivity index (χ4v) is 2.66. The lowest BCUT2D eigenvalue weighted by atomic mass is 10.1. The first kappa shape index (κ1) is 14.6. The van der Waals surface area contributed by atoms with Gasteiger partial charge in [0.15, 0.2) is 0 Å². The average Bonchev–Trinajstić information content (AvgIpc) is 3.06. The maximum Gasteiger partial charge on any atom is 0.254 e. The van der Waals surface area contributed by atoms with Crippen LogP contribution in [0.5, 0.6) is 0 Å². The standard InChI is InChI=1S/C16H20N4O2/c21-14-5-2-8-20(11-14)16(22)12-3-1-4-13(9-12)19-10-15-17-6-7-18-15/h1,3-4,6-7,9,14,19,21H,2,5,8,10-11H2,(H,17,18)/t14-/m0/s1. The zero-order chi connectivity index (χ0) is 15.4. The number of imidazole rings is 1. The zero-order valence-electron chi connectivity index (χ0n) is 12.3. The molecule has 116 valence electrons. The zero-order valence-corrected chi connectivity index (χ0v) is 12.3. The second kappa shape index (κ2) is 6.62. The van der Waals surface area contributed by atoms with E-state index in [1.54, 1.807) is 23.4 Å². The third kappa shape index (κ3) is 3.46. The number of aliphatic hydroxyl groups excluding tert-OH is 1. The van der Waals surface area contributed by atoms with Crippen LogP contribution in [0.4, 0.5) is 5.69 Å². The predicted molar refractivity (Wildman–Crippen MR) is 83.5 cm³/mol. The van der Waals surface area contributed by atoms with E-state index in [1.807, 2.05) is 18.2 Å². The summed E-state index contributed by atoms with van der Waals surface area (Å²) in [6, 6.07) is 7.43. The first-order chi connectivity index (χ1) is 10.7. The van der Waals surface area contributed by atoms with Crippen molar-refractivity contribution in [3.05, 3.63) is 48.0 Å². The van der Waals surface area contributed by atoms with Crippen molar-refractivity contribution in [1.29, 1.82) is 0 Å². The Bertz CT molecular complexity index is 627. The summed E-state index contributed by atoms with van der Waals surface area (Å²) in [5.41, 5.74) is 1.51. The molecular formula is C16H20N4O2. The fraction of sp³-hybridized carbons (Fsp3) is 0.375. The molecule has 0 spiro atoms. The highest BCUT2D eigenvalue weighted by atomic mass is 16.3. The number of carbonyl (C=O) groups is 1. The molecule has 0 saturated carbocycles. The maximum absolute atomic E-state index is 12.5. The predicted octanol–water partition coefficient (Wildman–Crippen LogP) is 1.62. The summed E-state index contributed by atoms with van der Waals surface area (Å²) in [4.78, 5) is 21.4. The molecule has 0 bridgehead atoms. The van der Waals surface area contributed by atoms with Gasteiger partial charge in [-0.15, -0.1) is 0 Å². The average molecular weight is 300 g/mol. The Morgan fingerprint density at radius 1 is 1.50 bits per heavy atom. The van der Waals surface area contributed by atoms with Gasteiger partial charge < -0.3 is 20.3 Å². The third-order valence-electron chi connectivity index (χ3n) is 3.81. The Morgan fingerprint density at radius 2 is 2.41 bits per heavy atom. The summed E-state index contributed by atoms with van der Waals surface area (Å²) in [5.74, 6) is 0.816.